The number of hydrogen-bond donors (Lipinski definition) is 1. The predicted octanol–water partition coefficient (Wildman–Crippen LogP) is 5.25. The third-order valence-electron chi connectivity index (χ3n) is 3.78. The Morgan fingerprint density at radius 1 is 1.00 bits per heavy atom. The molecule has 0 bridgehead atoms. The second-order valence-corrected chi connectivity index (χ2v) is 6.86. The van der Waals surface area contributed by atoms with Crippen LogP contribution in [0.4, 0.5) is 9.52 Å². The number of thiazole rings is 1. The quantitative estimate of drug-likeness (QED) is 0.486. The van der Waals surface area contributed by atoms with Crippen molar-refractivity contribution in [2.45, 2.75) is 0 Å². The summed E-state index contributed by atoms with van der Waals surface area (Å²) in [6.45, 7) is -0.306. The van der Waals surface area contributed by atoms with Gasteiger partial charge in [0.25, 0.3) is 5.91 Å². The van der Waals surface area contributed by atoms with Crippen LogP contribution in [0.1, 0.15) is 0 Å². The van der Waals surface area contributed by atoms with Crippen molar-refractivity contribution in [3.63, 3.8) is 0 Å². The Kier molecular flexibility index (Phi) is 5.16. The summed E-state index contributed by atoms with van der Waals surface area (Å²) < 4.78 is 25.4. The van der Waals surface area contributed by atoms with Crippen molar-refractivity contribution in [3.05, 3.63) is 78.6 Å². The van der Waals surface area contributed by atoms with Gasteiger partial charge in [0.2, 0.25) is 0 Å². The van der Waals surface area contributed by atoms with Gasteiger partial charge in [0.15, 0.2) is 23.3 Å². The SMILES string of the molecule is O=C(COc1ccccc1F)Nc1nc2ccc(Oc3ccccc3)cc2s1. The van der Waals surface area contributed by atoms with E-state index in [0.29, 0.717) is 10.9 Å². The van der Waals surface area contributed by atoms with Crippen molar-refractivity contribution in [3.8, 4) is 17.2 Å². The fraction of sp³-hybridized carbons (Fsp3) is 0.0476. The molecule has 4 aromatic rings. The number of nitrogens with one attached hydrogen (secondary N) is 1. The molecular weight excluding hydrogens is 379 g/mol. The molecule has 0 unspecified atom stereocenters. The molecule has 5 nitrogen and oxygen atoms in total. The first-order chi connectivity index (χ1) is 13.7. The Morgan fingerprint density at radius 3 is 2.61 bits per heavy atom. The van der Waals surface area contributed by atoms with Crippen LogP contribution in [0.3, 0.4) is 0 Å². The number of para-hydroxylation sites is 2. The van der Waals surface area contributed by atoms with Crippen LogP contribution in [0.15, 0.2) is 72.8 Å². The van der Waals surface area contributed by atoms with E-state index in [4.69, 9.17) is 9.47 Å². The van der Waals surface area contributed by atoms with Crippen LogP contribution < -0.4 is 14.8 Å². The topological polar surface area (TPSA) is 60.5 Å². The van der Waals surface area contributed by atoms with Gasteiger partial charge >= 0.3 is 0 Å². The van der Waals surface area contributed by atoms with Crippen LogP contribution in [0.2, 0.25) is 0 Å². The maximum absolute atomic E-state index is 13.5. The molecule has 7 heteroatoms. The molecule has 0 fully saturated rings. The highest BCUT2D eigenvalue weighted by molar-refractivity contribution is 7.22. The van der Waals surface area contributed by atoms with Gasteiger partial charge in [0.1, 0.15) is 11.5 Å². The fourth-order valence-corrected chi connectivity index (χ4v) is 3.42. The standard InChI is InChI=1S/C21H15FN2O3S/c22-16-8-4-5-9-18(16)26-13-20(25)24-21-23-17-11-10-15(12-19(17)28-21)27-14-6-2-1-3-7-14/h1-12H,13H2,(H,23,24,25). The molecule has 28 heavy (non-hydrogen) atoms. The summed E-state index contributed by atoms with van der Waals surface area (Å²) >= 11 is 1.32. The number of aromatic nitrogens is 1. The van der Waals surface area contributed by atoms with Crippen molar-refractivity contribution in [1.82, 2.24) is 4.98 Å². The second kappa shape index (κ2) is 8.06. The largest absolute Gasteiger partial charge is 0.481 e. The summed E-state index contributed by atoms with van der Waals surface area (Å²) in [6.07, 6.45) is 0. The van der Waals surface area contributed by atoms with Crippen molar-refractivity contribution in [1.29, 1.82) is 0 Å². The van der Waals surface area contributed by atoms with Gasteiger partial charge in [-0.15, -0.1) is 0 Å². The molecule has 0 saturated carbocycles. The summed E-state index contributed by atoms with van der Waals surface area (Å²) in [5.41, 5.74) is 0.746. The van der Waals surface area contributed by atoms with Crippen LogP contribution in [-0.4, -0.2) is 17.5 Å². The first-order valence-electron chi connectivity index (χ1n) is 8.48. The average Bonchev–Trinajstić information content (AvgIpc) is 3.09. The highest BCUT2D eigenvalue weighted by atomic mass is 32.1. The molecule has 1 aromatic heterocycles. The zero-order chi connectivity index (χ0) is 19.3. The highest BCUT2D eigenvalue weighted by Crippen LogP contribution is 2.31. The van der Waals surface area contributed by atoms with E-state index in [1.807, 2.05) is 48.5 Å². The Morgan fingerprint density at radius 2 is 1.79 bits per heavy atom. The third kappa shape index (κ3) is 4.27. The lowest BCUT2D eigenvalue weighted by atomic mass is 10.3. The van der Waals surface area contributed by atoms with E-state index in [2.05, 4.69) is 10.3 Å². The molecule has 0 radical (unpaired) electrons. The van der Waals surface area contributed by atoms with Gasteiger partial charge in [-0.1, -0.05) is 41.7 Å². The molecule has 0 aliphatic heterocycles. The molecule has 0 aliphatic rings. The molecule has 4 rings (SSSR count). The number of fused-ring (bicyclic) bond motifs is 1. The van der Waals surface area contributed by atoms with Crippen LogP contribution in [-0.2, 0) is 4.79 Å². The molecule has 0 aliphatic carbocycles. The average molecular weight is 394 g/mol. The van der Waals surface area contributed by atoms with Crippen molar-refractivity contribution in [2.24, 2.45) is 0 Å². The summed E-state index contributed by atoms with van der Waals surface area (Å²) in [5, 5.41) is 3.11. The summed E-state index contributed by atoms with van der Waals surface area (Å²) in [4.78, 5) is 16.4. The molecule has 1 heterocycles. The van der Waals surface area contributed by atoms with Gasteiger partial charge in [-0.2, -0.15) is 0 Å². The van der Waals surface area contributed by atoms with Gasteiger partial charge in [0.05, 0.1) is 10.2 Å². The van der Waals surface area contributed by atoms with Crippen LogP contribution >= 0.6 is 11.3 Å². The molecule has 0 saturated heterocycles. The third-order valence-corrected chi connectivity index (χ3v) is 4.71. The normalized spacial score (nSPS) is 10.6. The maximum Gasteiger partial charge on any atom is 0.264 e. The van der Waals surface area contributed by atoms with Crippen molar-refractivity contribution in [2.75, 3.05) is 11.9 Å². The Bertz CT molecular complexity index is 1120. The lowest BCUT2D eigenvalue weighted by molar-refractivity contribution is -0.118. The van der Waals surface area contributed by atoms with Gasteiger partial charge < -0.3 is 9.47 Å². The second-order valence-electron chi connectivity index (χ2n) is 5.83. The van der Waals surface area contributed by atoms with Crippen LogP contribution in [0.5, 0.6) is 17.2 Å². The number of ether oxygens (including phenoxy) is 2. The van der Waals surface area contributed by atoms with Gasteiger partial charge in [-0.3, -0.25) is 10.1 Å². The van der Waals surface area contributed by atoms with Crippen molar-refractivity contribution < 1.29 is 18.7 Å². The van der Waals surface area contributed by atoms with E-state index in [1.54, 1.807) is 12.1 Å². The number of carbonyl (C=O) groups excluding carboxylic acids is 1. The predicted molar refractivity (Wildman–Crippen MR) is 107 cm³/mol. The minimum Gasteiger partial charge on any atom is -0.481 e. The Hall–Kier alpha value is -3.45. The minimum absolute atomic E-state index is 0.0321. The van der Waals surface area contributed by atoms with E-state index in [0.717, 1.165) is 16.0 Å². The zero-order valence-corrected chi connectivity index (χ0v) is 15.4. The van der Waals surface area contributed by atoms with Crippen LogP contribution in [0, 0.1) is 5.82 Å². The van der Waals surface area contributed by atoms with Gasteiger partial charge in [-0.25, -0.2) is 9.37 Å². The van der Waals surface area contributed by atoms with E-state index in [1.165, 1.54) is 23.5 Å². The van der Waals surface area contributed by atoms with Crippen molar-refractivity contribution >= 4 is 32.6 Å². The van der Waals surface area contributed by atoms with E-state index < -0.39 is 11.7 Å². The van der Waals surface area contributed by atoms with Gasteiger partial charge in [0, 0.05) is 6.07 Å². The number of hydrogen-bond acceptors (Lipinski definition) is 5. The summed E-state index contributed by atoms with van der Waals surface area (Å²) in [6, 6.07) is 20.9. The summed E-state index contributed by atoms with van der Waals surface area (Å²) in [7, 11) is 0. The van der Waals surface area contributed by atoms with E-state index in [9.17, 15) is 9.18 Å². The molecule has 1 amide bonds. The van der Waals surface area contributed by atoms with Gasteiger partial charge in [-0.05, 0) is 36.4 Å². The Labute approximate surface area is 164 Å². The molecule has 0 atom stereocenters. The number of halogens is 1. The highest BCUT2D eigenvalue weighted by Gasteiger charge is 2.11. The first-order valence-corrected chi connectivity index (χ1v) is 9.30. The molecule has 140 valence electrons. The smallest absolute Gasteiger partial charge is 0.264 e. The number of benzene rings is 3. The zero-order valence-electron chi connectivity index (χ0n) is 14.6. The summed E-state index contributed by atoms with van der Waals surface area (Å²) in [5.74, 6) is 0.530. The number of carbonyl (C=O) groups is 1. The van der Waals surface area contributed by atoms with E-state index >= 15 is 0 Å². The minimum atomic E-state index is -0.513. The van der Waals surface area contributed by atoms with E-state index in [-0.39, 0.29) is 12.4 Å². The lowest BCUT2D eigenvalue weighted by Gasteiger charge is -2.06. The monoisotopic (exact) mass is 394 g/mol. The first kappa shape index (κ1) is 17.9. The fourth-order valence-electron chi connectivity index (χ4n) is 2.51. The maximum atomic E-state index is 13.5. The number of rotatable bonds is 6. The lowest BCUT2D eigenvalue weighted by Crippen LogP contribution is -2.20. The number of anilines is 1. The molecular formula is C21H15FN2O3S. The number of nitrogens with zero attached hydrogens (tertiary/aromatic N) is 1. The molecule has 1 N–H and O–H groups in total. The molecule has 3 aromatic carbocycles. The van der Waals surface area contributed by atoms with Crippen LogP contribution in [0.25, 0.3) is 10.2 Å². The number of amides is 1. The molecule has 0 spiro atoms. The Balaban J connectivity index is 1.41.